The minimum atomic E-state index is -2.01. The van der Waals surface area contributed by atoms with E-state index in [0.29, 0.717) is 0 Å². The molecule has 0 unspecified atom stereocenters. The minimum absolute atomic E-state index is 0.0382. The standard InChI is InChI=1S/C19H27NO2Si/c1-19(2,3)23(4,5)22-18-16(20-14-13-17(18)21)12-11-15-9-7-6-8-10-15/h6-14,16,18,20H,1-5H3/b12-11+/t16-,18+/m1/s1. The molecule has 1 aliphatic heterocycles. The van der Waals surface area contributed by atoms with Crippen LogP contribution in [0, 0.1) is 0 Å². The Bertz CT molecular complexity index is 600. The van der Waals surface area contributed by atoms with Crippen molar-refractivity contribution in [3.8, 4) is 0 Å². The lowest BCUT2D eigenvalue weighted by atomic mass is 10.0. The average Bonchev–Trinajstić information content (AvgIpc) is 2.48. The number of hydrogen-bond acceptors (Lipinski definition) is 3. The highest BCUT2D eigenvalue weighted by Gasteiger charge is 2.42. The van der Waals surface area contributed by atoms with Crippen molar-refractivity contribution in [1.29, 1.82) is 0 Å². The molecule has 2 atom stereocenters. The molecule has 1 aromatic carbocycles. The van der Waals surface area contributed by atoms with Crippen LogP contribution in [0.2, 0.25) is 18.1 Å². The van der Waals surface area contributed by atoms with Gasteiger partial charge in [0.05, 0.1) is 6.04 Å². The molecule has 1 N–H and O–H groups in total. The van der Waals surface area contributed by atoms with E-state index in [1.807, 2.05) is 42.5 Å². The van der Waals surface area contributed by atoms with Crippen molar-refractivity contribution in [2.24, 2.45) is 0 Å². The van der Waals surface area contributed by atoms with Crippen LogP contribution in [0.1, 0.15) is 26.3 Å². The van der Waals surface area contributed by atoms with Gasteiger partial charge in [0.2, 0.25) is 0 Å². The molecular weight excluding hydrogens is 302 g/mol. The van der Waals surface area contributed by atoms with Crippen LogP contribution in [0.5, 0.6) is 0 Å². The van der Waals surface area contributed by atoms with Crippen molar-refractivity contribution >= 4 is 20.2 Å². The zero-order valence-electron chi connectivity index (χ0n) is 14.7. The summed E-state index contributed by atoms with van der Waals surface area (Å²) in [4.78, 5) is 12.4. The predicted octanol–water partition coefficient (Wildman–Crippen LogP) is 4.14. The molecule has 2 rings (SSSR count). The van der Waals surface area contributed by atoms with Gasteiger partial charge in [0.15, 0.2) is 14.1 Å². The SMILES string of the molecule is CC(C)(C)[Si](C)(C)O[C@@H]1C(=O)C=CN[C@@H]1/C=C/c1ccccc1. The molecule has 1 heterocycles. The van der Waals surface area contributed by atoms with Crippen LogP contribution in [0.3, 0.4) is 0 Å². The number of benzene rings is 1. The van der Waals surface area contributed by atoms with E-state index in [1.54, 1.807) is 12.3 Å². The molecule has 0 bridgehead atoms. The van der Waals surface area contributed by atoms with E-state index >= 15 is 0 Å². The first-order chi connectivity index (χ1) is 10.7. The van der Waals surface area contributed by atoms with Crippen molar-refractivity contribution in [2.45, 2.75) is 51.0 Å². The lowest BCUT2D eigenvalue weighted by Crippen LogP contribution is -2.53. The van der Waals surface area contributed by atoms with Gasteiger partial charge >= 0.3 is 0 Å². The number of ketones is 1. The molecule has 0 radical (unpaired) electrons. The van der Waals surface area contributed by atoms with Gasteiger partial charge in [-0.3, -0.25) is 4.79 Å². The third-order valence-electron chi connectivity index (χ3n) is 4.67. The van der Waals surface area contributed by atoms with E-state index in [-0.39, 0.29) is 16.9 Å². The highest BCUT2D eigenvalue weighted by atomic mass is 28.4. The first-order valence-corrected chi connectivity index (χ1v) is 11.0. The summed E-state index contributed by atoms with van der Waals surface area (Å²) < 4.78 is 6.38. The van der Waals surface area contributed by atoms with Crippen molar-refractivity contribution in [1.82, 2.24) is 5.32 Å². The summed E-state index contributed by atoms with van der Waals surface area (Å²) in [6.45, 7) is 10.9. The van der Waals surface area contributed by atoms with E-state index in [1.165, 1.54) is 0 Å². The van der Waals surface area contributed by atoms with Crippen molar-refractivity contribution < 1.29 is 9.22 Å². The lowest BCUT2D eigenvalue weighted by Gasteiger charge is -2.41. The van der Waals surface area contributed by atoms with E-state index in [4.69, 9.17) is 4.43 Å². The van der Waals surface area contributed by atoms with Crippen molar-refractivity contribution in [3.05, 3.63) is 54.2 Å². The Labute approximate surface area is 140 Å². The second kappa shape index (κ2) is 6.85. The Kier molecular flexibility index (Phi) is 5.27. The van der Waals surface area contributed by atoms with Gasteiger partial charge in [-0.15, -0.1) is 0 Å². The summed E-state index contributed by atoms with van der Waals surface area (Å²) in [5, 5.41) is 3.32. The fourth-order valence-corrected chi connectivity index (χ4v) is 3.41. The maximum Gasteiger partial charge on any atom is 0.193 e. The molecule has 0 fully saturated rings. The molecule has 124 valence electrons. The molecular formula is C19H27NO2Si. The number of carbonyl (C=O) groups is 1. The van der Waals surface area contributed by atoms with Gasteiger partial charge in [-0.1, -0.05) is 63.3 Å². The van der Waals surface area contributed by atoms with E-state index in [0.717, 1.165) is 5.56 Å². The topological polar surface area (TPSA) is 38.3 Å². The maximum atomic E-state index is 12.4. The zero-order valence-corrected chi connectivity index (χ0v) is 15.7. The van der Waals surface area contributed by atoms with Gasteiger partial charge in [-0.25, -0.2) is 0 Å². The summed E-state index contributed by atoms with van der Waals surface area (Å²) in [5.41, 5.74) is 1.11. The summed E-state index contributed by atoms with van der Waals surface area (Å²) >= 11 is 0. The molecule has 1 aromatic rings. The van der Waals surface area contributed by atoms with Crippen LogP contribution in [0.25, 0.3) is 6.08 Å². The van der Waals surface area contributed by atoms with Crippen LogP contribution >= 0.6 is 0 Å². The third-order valence-corrected chi connectivity index (χ3v) is 9.12. The summed E-state index contributed by atoms with van der Waals surface area (Å²) in [6.07, 6.45) is 6.89. The average molecular weight is 330 g/mol. The Balaban J connectivity index is 2.19. The first-order valence-electron chi connectivity index (χ1n) is 8.08. The summed E-state index contributed by atoms with van der Waals surface area (Å²) in [6, 6.07) is 9.94. The smallest absolute Gasteiger partial charge is 0.193 e. The predicted molar refractivity (Wildman–Crippen MR) is 98.6 cm³/mol. The Morgan fingerprint density at radius 3 is 2.43 bits per heavy atom. The maximum absolute atomic E-state index is 12.4. The fourth-order valence-electron chi connectivity index (χ4n) is 2.16. The van der Waals surface area contributed by atoms with E-state index in [9.17, 15) is 4.79 Å². The fraction of sp³-hybridized carbons (Fsp3) is 0.421. The zero-order chi connectivity index (χ0) is 17.1. The molecule has 0 spiro atoms. The van der Waals surface area contributed by atoms with Crippen LogP contribution in [-0.4, -0.2) is 26.2 Å². The molecule has 3 nitrogen and oxygen atoms in total. The first kappa shape index (κ1) is 17.7. The van der Waals surface area contributed by atoms with E-state index in [2.05, 4.69) is 39.2 Å². The number of hydrogen-bond donors (Lipinski definition) is 1. The quantitative estimate of drug-likeness (QED) is 0.844. The van der Waals surface area contributed by atoms with Crippen LogP contribution < -0.4 is 5.32 Å². The Morgan fingerprint density at radius 1 is 1.17 bits per heavy atom. The van der Waals surface area contributed by atoms with Gasteiger partial charge < -0.3 is 9.74 Å². The van der Waals surface area contributed by atoms with Crippen molar-refractivity contribution in [2.75, 3.05) is 0 Å². The van der Waals surface area contributed by atoms with E-state index < -0.39 is 14.4 Å². The van der Waals surface area contributed by atoms with Gasteiger partial charge in [-0.05, 0) is 29.8 Å². The third kappa shape index (κ3) is 4.42. The molecule has 0 saturated carbocycles. The minimum Gasteiger partial charge on any atom is -0.404 e. The largest absolute Gasteiger partial charge is 0.404 e. The second-order valence-electron chi connectivity index (χ2n) is 7.50. The summed E-state index contributed by atoms with van der Waals surface area (Å²) in [5.74, 6) is 0.0382. The Morgan fingerprint density at radius 2 is 1.83 bits per heavy atom. The molecule has 0 aliphatic carbocycles. The number of nitrogens with one attached hydrogen (secondary N) is 1. The molecule has 0 amide bonds. The molecule has 23 heavy (non-hydrogen) atoms. The summed E-state index contributed by atoms with van der Waals surface area (Å²) in [7, 11) is -2.01. The molecule has 1 aliphatic rings. The van der Waals surface area contributed by atoms with Crippen LogP contribution in [-0.2, 0) is 9.22 Å². The Hall–Kier alpha value is -1.65. The van der Waals surface area contributed by atoms with Gasteiger partial charge in [0, 0.05) is 6.20 Å². The van der Waals surface area contributed by atoms with Crippen molar-refractivity contribution in [3.63, 3.8) is 0 Å². The second-order valence-corrected chi connectivity index (χ2v) is 12.3. The monoisotopic (exact) mass is 329 g/mol. The highest BCUT2D eigenvalue weighted by molar-refractivity contribution is 6.74. The molecule has 0 aromatic heterocycles. The number of carbonyl (C=O) groups excluding carboxylic acids is 1. The lowest BCUT2D eigenvalue weighted by molar-refractivity contribution is -0.122. The van der Waals surface area contributed by atoms with Gasteiger partial charge in [0.1, 0.15) is 6.10 Å². The van der Waals surface area contributed by atoms with Crippen LogP contribution in [0.15, 0.2) is 48.7 Å². The number of rotatable bonds is 4. The molecule has 4 heteroatoms. The highest BCUT2D eigenvalue weighted by Crippen LogP contribution is 2.38. The van der Waals surface area contributed by atoms with Gasteiger partial charge in [-0.2, -0.15) is 0 Å². The normalized spacial score (nSPS) is 22.4. The van der Waals surface area contributed by atoms with Gasteiger partial charge in [0.25, 0.3) is 0 Å². The molecule has 0 saturated heterocycles. The van der Waals surface area contributed by atoms with Crippen LogP contribution in [0.4, 0.5) is 0 Å².